The molecule has 22 heavy (non-hydrogen) atoms. The van der Waals surface area contributed by atoms with Gasteiger partial charge in [-0.15, -0.1) is 0 Å². The van der Waals surface area contributed by atoms with Crippen molar-refractivity contribution in [2.24, 2.45) is 5.92 Å². The molecular formula is C15H24N4O3. The zero-order valence-electron chi connectivity index (χ0n) is 13.4. The number of nitrogens with zero attached hydrogens (tertiary/aromatic N) is 3. The molecule has 0 radical (unpaired) electrons. The Bertz CT molecular complexity index is 480. The average molecular weight is 308 g/mol. The summed E-state index contributed by atoms with van der Waals surface area (Å²) in [4.78, 5) is 22.2. The number of piperidine rings is 1. The number of hydrogen-bond acceptors (Lipinski definition) is 6. The molecule has 0 aromatic carbocycles. The lowest BCUT2D eigenvalue weighted by Crippen LogP contribution is -2.45. The molecule has 0 spiro atoms. The predicted molar refractivity (Wildman–Crippen MR) is 81.4 cm³/mol. The Morgan fingerprint density at radius 3 is 2.73 bits per heavy atom. The molecule has 1 aromatic rings. The van der Waals surface area contributed by atoms with Gasteiger partial charge in [0.25, 0.3) is 0 Å². The minimum absolute atomic E-state index is 0.0571. The van der Waals surface area contributed by atoms with Crippen LogP contribution in [0.1, 0.15) is 18.4 Å². The van der Waals surface area contributed by atoms with Crippen molar-refractivity contribution in [3.63, 3.8) is 0 Å². The van der Waals surface area contributed by atoms with Crippen molar-refractivity contribution in [1.82, 2.24) is 20.2 Å². The van der Waals surface area contributed by atoms with E-state index in [-0.39, 0.29) is 17.9 Å². The summed E-state index contributed by atoms with van der Waals surface area (Å²) in [5.74, 6) is 0.263. The molecule has 0 saturated carbocycles. The van der Waals surface area contributed by atoms with Gasteiger partial charge in [0.2, 0.25) is 5.91 Å². The molecule has 1 saturated heterocycles. The van der Waals surface area contributed by atoms with E-state index in [0.717, 1.165) is 31.6 Å². The van der Waals surface area contributed by atoms with Crippen molar-refractivity contribution in [2.75, 3.05) is 34.4 Å². The summed E-state index contributed by atoms with van der Waals surface area (Å²) in [5.41, 5.74) is 1.04. The van der Waals surface area contributed by atoms with Crippen LogP contribution in [-0.2, 0) is 16.1 Å². The molecule has 0 aliphatic carbocycles. The highest BCUT2D eigenvalue weighted by Gasteiger charge is 2.30. The van der Waals surface area contributed by atoms with Crippen molar-refractivity contribution < 1.29 is 14.3 Å². The van der Waals surface area contributed by atoms with E-state index in [1.165, 1.54) is 0 Å². The minimum atomic E-state index is 0.0571. The van der Waals surface area contributed by atoms with Gasteiger partial charge in [0.1, 0.15) is 0 Å². The molecule has 1 amide bonds. The van der Waals surface area contributed by atoms with Crippen LogP contribution in [0.25, 0.3) is 0 Å². The first-order chi connectivity index (χ1) is 10.7. The summed E-state index contributed by atoms with van der Waals surface area (Å²) in [6, 6.07) is 0.374. The lowest BCUT2D eigenvalue weighted by Gasteiger charge is -2.37. The zero-order chi connectivity index (χ0) is 15.9. The normalized spacial score (nSPS) is 22.3. The highest BCUT2D eigenvalue weighted by molar-refractivity contribution is 5.75. The zero-order valence-corrected chi connectivity index (χ0v) is 13.4. The molecule has 2 rings (SSSR count). The molecule has 0 bridgehead atoms. The molecule has 1 aliphatic rings. The quantitative estimate of drug-likeness (QED) is 0.823. The first-order valence-electron chi connectivity index (χ1n) is 7.47. The van der Waals surface area contributed by atoms with Gasteiger partial charge in [0.05, 0.1) is 13.2 Å². The second-order valence-electron chi connectivity index (χ2n) is 5.51. The summed E-state index contributed by atoms with van der Waals surface area (Å²) in [5, 5.41) is 2.69. The fraction of sp³-hybridized carbons (Fsp3) is 0.667. The first-order valence-corrected chi connectivity index (χ1v) is 7.47. The maximum atomic E-state index is 11.7. The summed E-state index contributed by atoms with van der Waals surface area (Å²) in [6.07, 6.45) is 5.12. The molecule has 7 heteroatoms. The van der Waals surface area contributed by atoms with Gasteiger partial charge in [0, 0.05) is 64.1 Å². The molecule has 1 aliphatic heterocycles. The molecule has 1 aromatic heterocycles. The first kappa shape index (κ1) is 16.6. The van der Waals surface area contributed by atoms with Crippen LogP contribution >= 0.6 is 0 Å². The van der Waals surface area contributed by atoms with E-state index in [1.807, 2.05) is 0 Å². The van der Waals surface area contributed by atoms with Gasteiger partial charge in [0.15, 0.2) is 0 Å². The van der Waals surface area contributed by atoms with E-state index in [4.69, 9.17) is 9.47 Å². The maximum Gasteiger partial charge on any atom is 0.316 e. The standard InChI is InChI=1S/C15H24N4O3/c1-16-14(20)6-12-10-19(5-4-13(12)21-2)9-11-7-17-15(22-3)18-8-11/h7-8,12-13H,4-6,9-10H2,1-3H3,(H,16,20)/t12-,13-/m1/s1. The summed E-state index contributed by atoms with van der Waals surface area (Å²) < 4.78 is 10.5. The lowest BCUT2D eigenvalue weighted by molar-refractivity contribution is -0.123. The topological polar surface area (TPSA) is 76.6 Å². The van der Waals surface area contributed by atoms with Crippen molar-refractivity contribution in [1.29, 1.82) is 0 Å². The van der Waals surface area contributed by atoms with Gasteiger partial charge in [-0.25, -0.2) is 9.97 Å². The third-order valence-electron chi connectivity index (χ3n) is 4.05. The van der Waals surface area contributed by atoms with Crippen LogP contribution in [0.15, 0.2) is 12.4 Å². The highest BCUT2D eigenvalue weighted by Crippen LogP contribution is 2.24. The van der Waals surface area contributed by atoms with Crippen LogP contribution in [0.5, 0.6) is 6.01 Å². The van der Waals surface area contributed by atoms with Gasteiger partial charge in [-0.1, -0.05) is 0 Å². The number of likely N-dealkylation sites (tertiary alicyclic amines) is 1. The smallest absolute Gasteiger partial charge is 0.316 e. The molecule has 7 nitrogen and oxygen atoms in total. The number of hydrogen-bond donors (Lipinski definition) is 1. The third kappa shape index (κ3) is 4.38. The Kier molecular flexibility index (Phi) is 6.09. The van der Waals surface area contributed by atoms with Gasteiger partial charge in [-0.05, 0) is 6.42 Å². The Morgan fingerprint density at radius 2 is 2.14 bits per heavy atom. The van der Waals surface area contributed by atoms with Gasteiger partial charge in [-0.2, -0.15) is 0 Å². The maximum absolute atomic E-state index is 11.7. The van der Waals surface area contributed by atoms with Crippen LogP contribution in [0, 0.1) is 5.92 Å². The number of nitrogens with one attached hydrogen (secondary N) is 1. The minimum Gasteiger partial charge on any atom is -0.467 e. The van der Waals surface area contributed by atoms with Crippen LogP contribution in [0.3, 0.4) is 0 Å². The molecular weight excluding hydrogens is 284 g/mol. The van der Waals surface area contributed by atoms with E-state index >= 15 is 0 Å². The number of rotatable bonds is 6. The third-order valence-corrected chi connectivity index (χ3v) is 4.05. The van der Waals surface area contributed by atoms with E-state index in [2.05, 4.69) is 20.2 Å². The number of carbonyl (C=O) groups excluding carboxylic acids is 1. The molecule has 0 unspecified atom stereocenters. The van der Waals surface area contributed by atoms with E-state index in [0.29, 0.717) is 12.4 Å². The Labute approximate surface area is 131 Å². The van der Waals surface area contributed by atoms with Crippen LogP contribution in [0.2, 0.25) is 0 Å². The Balaban J connectivity index is 1.95. The van der Waals surface area contributed by atoms with Crippen molar-refractivity contribution in [3.05, 3.63) is 18.0 Å². The number of amides is 1. The van der Waals surface area contributed by atoms with Crippen molar-refractivity contribution in [3.8, 4) is 6.01 Å². The summed E-state index contributed by atoms with van der Waals surface area (Å²) in [7, 11) is 4.93. The fourth-order valence-electron chi connectivity index (χ4n) is 2.86. The monoisotopic (exact) mass is 308 g/mol. The number of aromatic nitrogens is 2. The van der Waals surface area contributed by atoms with Gasteiger partial charge >= 0.3 is 6.01 Å². The van der Waals surface area contributed by atoms with Crippen molar-refractivity contribution >= 4 is 5.91 Å². The van der Waals surface area contributed by atoms with Gasteiger partial charge < -0.3 is 14.8 Å². The second-order valence-corrected chi connectivity index (χ2v) is 5.51. The predicted octanol–water partition coefficient (Wildman–Crippen LogP) is 0.458. The average Bonchev–Trinajstić information content (AvgIpc) is 2.55. The second kappa shape index (κ2) is 8.05. The molecule has 2 heterocycles. The summed E-state index contributed by atoms with van der Waals surface area (Å²) >= 11 is 0. The van der Waals surface area contributed by atoms with Crippen molar-refractivity contribution in [2.45, 2.75) is 25.5 Å². The molecule has 1 fully saturated rings. The number of ether oxygens (including phenoxy) is 2. The van der Waals surface area contributed by atoms with Crippen LogP contribution in [-0.4, -0.2) is 61.2 Å². The largest absolute Gasteiger partial charge is 0.467 e. The Morgan fingerprint density at radius 1 is 1.41 bits per heavy atom. The molecule has 1 N–H and O–H groups in total. The van der Waals surface area contributed by atoms with Crippen LogP contribution < -0.4 is 10.1 Å². The van der Waals surface area contributed by atoms with E-state index in [9.17, 15) is 4.79 Å². The number of carbonyl (C=O) groups is 1. The van der Waals surface area contributed by atoms with Gasteiger partial charge in [-0.3, -0.25) is 9.69 Å². The van der Waals surface area contributed by atoms with E-state index < -0.39 is 0 Å². The Hall–Kier alpha value is -1.73. The number of methoxy groups -OCH3 is 2. The highest BCUT2D eigenvalue weighted by atomic mass is 16.5. The van der Waals surface area contributed by atoms with Crippen LogP contribution in [0.4, 0.5) is 0 Å². The lowest BCUT2D eigenvalue weighted by atomic mass is 9.91. The fourth-order valence-corrected chi connectivity index (χ4v) is 2.86. The SMILES string of the molecule is CNC(=O)C[C@@H]1CN(Cc2cnc(OC)nc2)CC[C@H]1OC. The molecule has 2 atom stereocenters. The van der Waals surface area contributed by atoms with E-state index in [1.54, 1.807) is 33.7 Å². The summed E-state index contributed by atoms with van der Waals surface area (Å²) in [6.45, 7) is 2.54. The molecule has 122 valence electrons.